The molecule has 0 atom stereocenters. The van der Waals surface area contributed by atoms with Gasteiger partial charge in [0.2, 0.25) is 5.91 Å². The van der Waals surface area contributed by atoms with Gasteiger partial charge in [-0.2, -0.15) is 5.26 Å². The smallest absolute Gasteiger partial charge is 0.255 e. The molecular weight excluding hydrogens is 469 g/mol. The lowest BCUT2D eigenvalue weighted by Gasteiger charge is -2.31. The molecule has 190 valence electrons. The van der Waals surface area contributed by atoms with Crippen LogP contribution in [-0.2, 0) is 11.2 Å². The summed E-state index contributed by atoms with van der Waals surface area (Å²) in [5.74, 6) is 0.264. The summed E-state index contributed by atoms with van der Waals surface area (Å²) < 4.78 is 13.6. The van der Waals surface area contributed by atoms with Crippen molar-refractivity contribution in [1.29, 1.82) is 5.26 Å². The standard InChI is InChI=1S/C29H30FN5O2/c1-20(36)35-15-12-22(13-16-35)19-33-29(37)26-9-10-27(25-8-3-2-6-23(25)18-31)34-28(26)32-14-11-21-5-4-7-24(30)17-21/h2-10,17,22H,11-16,19H2,1H3,(H,32,34)(H,33,37). The molecule has 0 aliphatic carbocycles. The number of hydrogen-bond donors (Lipinski definition) is 2. The second-order valence-corrected chi connectivity index (χ2v) is 9.22. The Morgan fingerprint density at radius 1 is 1.11 bits per heavy atom. The molecule has 8 heteroatoms. The highest BCUT2D eigenvalue weighted by Crippen LogP contribution is 2.25. The third-order valence-electron chi connectivity index (χ3n) is 6.67. The zero-order valence-corrected chi connectivity index (χ0v) is 20.8. The Hall–Kier alpha value is -4.25. The van der Waals surface area contributed by atoms with Crippen LogP contribution < -0.4 is 10.6 Å². The van der Waals surface area contributed by atoms with Crippen LogP contribution in [0.15, 0.2) is 60.7 Å². The van der Waals surface area contributed by atoms with Crippen molar-refractivity contribution in [2.75, 3.05) is 31.5 Å². The van der Waals surface area contributed by atoms with Gasteiger partial charge >= 0.3 is 0 Å². The molecule has 3 aromatic rings. The molecule has 2 amide bonds. The average Bonchev–Trinajstić information content (AvgIpc) is 2.92. The number of hydrogen-bond acceptors (Lipinski definition) is 5. The average molecular weight is 500 g/mol. The maximum absolute atomic E-state index is 13.6. The summed E-state index contributed by atoms with van der Waals surface area (Å²) in [6, 6.07) is 19.2. The van der Waals surface area contributed by atoms with E-state index in [0.29, 0.717) is 66.7 Å². The van der Waals surface area contributed by atoms with E-state index in [1.807, 2.05) is 23.1 Å². The Balaban J connectivity index is 1.50. The summed E-state index contributed by atoms with van der Waals surface area (Å²) >= 11 is 0. The van der Waals surface area contributed by atoms with Crippen LogP contribution >= 0.6 is 0 Å². The zero-order valence-electron chi connectivity index (χ0n) is 20.8. The van der Waals surface area contributed by atoms with Crippen LogP contribution in [0.25, 0.3) is 11.3 Å². The van der Waals surface area contributed by atoms with Crippen LogP contribution in [0.5, 0.6) is 0 Å². The highest BCUT2D eigenvalue weighted by atomic mass is 19.1. The summed E-state index contributed by atoms with van der Waals surface area (Å²) in [6.45, 7) is 3.96. The van der Waals surface area contributed by atoms with Crippen LogP contribution in [0.3, 0.4) is 0 Å². The van der Waals surface area contributed by atoms with Crippen molar-refractivity contribution in [2.45, 2.75) is 26.2 Å². The van der Waals surface area contributed by atoms with E-state index in [2.05, 4.69) is 16.7 Å². The summed E-state index contributed by atoms with van der Waals surface area (Å²) in [5, 5.41) is 15.8. The second-order valence-electron chi connectivity index (χ2n) is 9.22. The number of rotatable bonds is 8. The predicted octanol–water partition coefficient (Wildman–Crippen LogP) is 4.40. The Labute approximate surface area is 216 Å². The molecule has 2 heterocycles. The van der Waals surface area contributed by atoms with Crippen LogP contribution in [0.4, 0.5) is 10.2 Å². The van der Waals surface area contributed by atoms with E-state index in [1.54, 1.807) is 37.3 Å². The minimum absolute atomic E-state index is 0.0839. The van der Waals surface area contributed by atoms with Gasteiger partial charge < -0.3 is 15.5 Å². The molecule has 1 aliphatic rings. The molecule has 0 radical (unpaired) electrons. The minimum atomic E-state index is -0.292. The van der Waals surface area contributed by atoms with E-state index in [1.165, 1.54) is 12.1 Å². The number of benzene rings is 2. The van der Waals surface area contributed by atoms with Crippen molar-refractivity contribution in [3.05, 3.63) is 83.2 Å². The fourth-order valence-corrected chi connectivity index (χ4v) is 4.53. The molecule has 0 spiro atoms. The molecule has 2 N–H and O–H groups in total. The molecule has 4 rings (SSSR count). The lowest BCUT2D eigenvalue weighted by Crippen LogP contribution is -2.40. The van der Waals surface area contributed by atoms with Crippen LogP contribution in [-0.4, -0.2) is 47.9 Å². The number of anilines is 1. The molecule has 1 aliphatic heterocycles. The highest BCUT2D eigenvalue weighted by Gasteiger charge is 2.22. The first kappa shape index (κ1) is 25.8. The van der Waals surface area contributed by atoms with Crippen molar-refractivity contribution in [2.24, 2.45) is 5.92 Å². The minimum Gasteiger partial charge on any atom is -0.369 e. The Morgan fingerprint density at radius 2 is 1.89 bits per heavy atom. The quantitative estimate of drug-likeness (QED) is 0.479. The van der Waals surface area contributed by atoms with Gasteiger partial charge in [0, 0.05) is 38.7 Å². The van der Waals surface area contributed by atoms with Gasteiger partial charge in [0.25, 0.3) is 5.91 Å². The summed E-state index contributed by atoms with van der Waals surface area (Å²) in [7, 11) is 0. The topological polar surface area (TPSA) is 98.1 Å². The third kappa shape index (κ3) is 6.70. The molecule has 37 heavy (non-hydrogen) atoms. The first-order valence-corrected chi connectivity index (χ1v) is 12.5. The first-order chi connectivity index (χ1) is 17.9. The maximum atomic E-state index is 13.6. The van der Waals surface area contributed by atoms with Crippen molar-refractivity contribution in [1.82, 2.24) is 15.2 Å². The normalized spacial score (nSPS) is 13.6. The number of halogens is 1. The molecular formula is C29H30FN5O2. The fraction of sp³-hybridized carbons (Fsp3) is 0.310. The number of nitrogens with zero attached hydrogens (tertiary/aromatic N) is 3. The number of piperidine rings is 1. The third-order valence-corrected chi connectivity index (χ3v) is 6.67. The number of carbonyl (C=O) groups is 2. The van der Waals surface area contributed by atoms with E-state index >= 15 is 0 Å². The lowest BCUT2D eigenvalue weighted by atomic mass is 9.96. The summed E-state index contributed by atoms with van der Waals surface area (Å²) in [5.41, 5.74) is 3.00. The number of aromatic nitrogens is 1. The van der Waals surface area contributed by atoms with Crippen molar-refractivity contribution in [3.8, 4) is 17.3 Å². The van der Waals surface area contributed by atoms with E-state index in [9.17, 15) is 19.2 Å². The number of nitriles is 1. The maximum Gasteiger partial charge on any atom is 0.255 e. The van der Waals surface area contributed by atoms with Crippen LogP contribution in [0.1, 0.15) is 41.3 Å². The Morgan fingerprint density at radius 3 is 2.62 bits per heavy atom. The number of nitrogens with one attached hydrogen (secondary N) is 2. The van der Waals surface area contributed by atoms with Gasteiger partial charge in [-0.15, -0.1) is 0 Å². The molecule has 0 bridgehead atoms. The van der Waals surface area contributed by atoms with Gasteiger partial charge in [-0.25, -0.2) is 9.37 Å². The molecule has 0 saturated carbocycles. The van der Waals surface area contributed by atoms with Crippen molar-refractivity contribution >= 4 is 17.6 Å². The lowest BCUT2D eigenvalue weighted by molar-refractivity contribution is -0.130. The Kier molecular flexibility index (Phi) is 8.47. The van der Waals surface area contributed by atoms with Gasteiger partial charge in [-0.3, -0.25) is 9.59 Å². The van der Waals surface area contributed by atoms with Gasteiger partial charge in [-0.1, -0.05) is 30.3 Å². The predicted molar refractivity (Wildman–Crippen MR) is 140 cm³/mol. The van der Waals surface area contributed by atoms with Crippen LogP contribution in [0.2, 0.25) is 0 Å². The molecule has 1 saturated heterocycles. The van der Waals surface area contributed by atoms with Gasteiger partial charge in [0.15, 0.2) is 0 Å². The first-order valence-electron chi connectivity index (χ1n) is 12.5. The van der Waals surface area contributed by atoms with E-state index in [-0.39, 0.29) is 17.6 Å². The number of likely N-dealkylation sites (tertiary alicyclic amines) is 1. The fourth-order valence-electron chi connectivity index (χ4n) is 4.53. The van der Waals surface area contributed by atoms with Crippen molar-refractivity contribution in [3.63, 3.8) is 0 Å². The number of carbonyl (C=O) groups excluding carboxylic acids is 2. The van der Waals surface area contributed by atoms with Crippen LogP contribution in [0, 0.1) is 23.1 Å². The highest BCUT2D eigenvalue weighted by molar-refractivity contribution is 5.99. The molecule has 0 unspecified atom stereocenters. The van der Waals surface area contributed by atoms with Gasteiger partial charge in [-0.05, 0) is 61.1 Å². The van der Waals surface area contributed by atoms with Gasteiger partial charge in [0.1, 0.15) is 11.6 Å². The van der Waals surface area contributed by atoms with E-state index < -0.39 is 0 Å². The van der Waals surface area contributed by atoms with Gasteiger partial charge in [0.05, 0.1) is 22.9 Å². The molecule has 2 aromatic carbocycles. The number of pyridine rings is 1. The molecule has 7 nitrogen and oxygen atoms in total. The van der Waals surface area contributed by atoms with E-state index in [0.717, 1.165) is 18.4 Å². The molecule has 1 aromatic heterocycles. The monoisotopic (exact) mass is 499 g/mol. The number of amides is 2. The zero-order chi connectivity index (χ0) is 26.2. The summed E-state index contributed by atoms with van der Waals surface area (Å²) in [4.78, 5) is 31.3. The van der Waals surface area contributed by atoms with Crippen molar-refractivity contribution < 1.29 is 14.0 Å². The Bertz CT molecular complexity index is 1310. The summed E-state index contributed by atoms with van der Waals surface area (Å²) in [6.07, 6.45) is 2.25. The molecule has 1 fully saturated rings. The van der Waals surface area contributed by atoms with E-state index in [4.69, 9.17) is 4.98 Å². The second kappa shape index (κ2) is 12.1. The SMILES string of the molecule is CC(=O)N1CCC(CNC(=O)c2ccc(-c3ccccc3C#N)nc2NCCc2cccc(F)c2)CC1. The largest absolute Gasteiger partial charge is 0.369 e.